The van der Waals surface area contributed by atoms with Crippen LogP contribution < -0.4 is 0 Å². The molecule has 0 fully saturated rings. The standard InChI is InChI=1S/C14H16N2O4/c15-9-11-3-1-2-4-12(11)10-16(7-5-13(17)18)8-6-14(19)20/h1-4H,5-8,10H2,(H,17,18)(H,19,20). The highest BCUT2D eigenvalue weighted by Crippen LogP contribution is 2.11. The van der Waals surface area contributed by atoms with Gasteiger partial charge in [-0.3, -0.25) is 14.5 Å². The van der Waals surface area contributed by atoms with Gasteiger partial charge >= 0.3 is 11.9 Å². The van der Waals surface area contributed by atoms with Crippen LogP contribution in [0.25, 0.3) is 0 Å². The number of nitriles is 1. The summed E-state index contributed by atoms with van der Waals surface area (Å²) in [7, 11) is 0. The summed E-state index contributed by atoms with van der Waals surface area (Å²) in [5.74, 6) is -1.86. The van der Waals surface area contributed by atoms with Gasteiger partial charge in [-0.05, 0) is 11.6 Å². The summed E-state index contributed by atoms with van der Waals surface area (Å²) in [6.45, 7) is 0.870. The van der Waals surface area contributed by atoms with Crippen LogP contribution in [0.15, 0.2) is 24.3 Å². The van der Waals surface area contributed by atoms with Crippen LogP contribution in [0.4, 0.5) is 0 Å². The van der Waals surface area contributed by atoms with Crippen LogP contribution >= 0.6 is 0 Å². The molecular weight excluding hydrogens is 260 g/mol. The van der Waals surface area contributed by atoms with E-state index in [-0.39, 0.29) is 25.9 Å². The SMILES string of the molecule is N#Cc1ccccc1CN(CCC(=O)O)CCC(=O)O. The minimum Gasteiger partial charge on any atom is -0.481 e. The molecule has 0 saturated carbocycles. The Morgan fingerprint density at radius 3 is 2.15 bits per heavy atom. The fraction of sp³-hybridized carbons (Fsp3) is 0.357. The molecule has 0 aromatic heterocycles. The van der Waals surface area contributed by atoms with Crippen molar-refractivity contribution in [2.45, 2.75) is 19.4 Å². The molecule has 0 radical (unpaired) electrons. The van der Waals surface area contributed by atoms with E-state index in [1.165, 1.54) is 0 Å². The quantitative estimate of drug-likeness (QED) is 0.742. The maximum atomic E-state index is 10.6. The summed E-state index contributed by atoms with van der Waals surface area (Å²) in [4.78, 5) is 23.0. The van der Waals surface area contributed by atoms with E-state index in [1.54, 1.807) is 29.2 Å². The number of carboxylic acids is 2. The van der Waals surface area contributed by atoms with Crippen molar-refractivity contribution in [3.05, 3.63) is 35.4 Å². The van der Waals surface area contributed by atoms with Gasteiger partial charge in [0.2, 0.25) is 0 Å². The first-order valence-electron chi connectivity index (χ1n) is 6.17. The molecule has 0 aliphatic carbocycles. The summed E-state index contributed by atoms with van der Waals surface area (Å²) in [6, 6.07) is 9.08. The Labute approximate surface area is 116 Å². The monoisotopic (exact) mass is 276 g/mol. The van der Waals surface area contributed by atoms with Crippen molar-refractivity contribution >= 4 is 11.9 Å². The van der Waals surface area contributed by atoms with Crippen molar-refractivity contribution < 1.29 is 19.8 Å². The molecule has 20 heavy (non-hydrogen) atoms. The summed E-state index contributed by atoms with van der Waals surface area (Å²) in [5, 5.41) is 26.4. The zero-order valence-electron chi connectivity index (χ0n) is 11.0. The van der Waals surface area contributed by atoms with Crippen molar-refractivity contribution in [1.29, 1.82) is 5.26 Å². The molecule has 6 heteroatoms. The van der Waals surface area contributed by atoms with Crippen molar-refractivity contribution in [3.63, 3.8) is 0 Å². The third-order valence-corrected chi connectivity index (χ3v) is 2.82. The second kappa shape index (κ2) is 7.92. The molecule has 0 aliphatic heterocycles. The van der Waals surface area contributed by atoms with Gasteiger partial charge in [-0.2, -0.15) is 5.26 Å². The number of carbonyl (C=O) groups is 2. The molecule has 1 rings (SSSR count). The average Bonchev–Trinajstić information content (AvgIpc) is 2.42. The topological polar surface area (TPSA) is 102 Å². The molecule has 0 bridgehead atoms. The molecule has 0 atom stereocenters. The molecular formula is C14H16N2O4. The van der Waals surface area contributed by atoms with Crippen LogP contribution in [-0.2, 0) is 16.1 Å². The van der Waals surface area contributed by atoms with Crippen LogP contribution in [0, 0.1) is 11.3 Å². The first-order chi connectivity index (χ1) is 9.52. The zero-order valence-corrected chi connectivity index (χ0v) is 11.0. The lowest BCUT2D eigenvalue weighted by molar-refractivity contribution is -0.137. The van der Waals surface area contributed by atoms with Crippen molar-refractivity contribution in [2.75, 3.05) is 13.1 Å². The van der Waals surface area contributed by atoms with E-state index in [4.69, 9.17) is 15.5 Å². The predicted octanol–water partition coefficient (Wildman–Crippen LogP) is 1.31. The first kappa shape index (κ1) is 15.7. The molecule has 106 valence electrons. The van der Waals surface area contributed by atoms with E-state index in [9.17, 15) is 9.59 Å². The van der Waals surface area contributed by atoms with Crippen molar-refractivity contribution in [3.8, 4) is 6.07 Å². The smallest absolute Gasteiger partial charge is 0.304 e. The normalized spacial score (nSPS) is 10.2. The van der Waals surface area contributed by atoms with Crippen LogP contribution in [0.5, 0.6) is 0 Å². The van der Waals surface area contributed by atoms with Gasteiger partial charge in [0.1, 0.15) is 0 Å². The second-order valence-corrected chi connectivity index (χ2v) is 4.33. The Hall–Kier alpha value is -2.39. The Morgan fingerprint density at radius 1 is 1.10 bits per heavy atom. The Balaban J connectivity index is 2.74. The van der Waals surface area contributed by atoms with Crippen LogP contribution in [0.2, 0.25) is 0 Å². The predicted molar refractivity (Wildman–Crippen MR) is 70.9 cm³/mol. The van der Waals surface area contributed by atoms with Crippen molar-refractivity contribution in [2.24, 2.45) is 0 Å². The first-order valence-corrected chi connectivity index (χ1v) is 6.17. The van der Waals surface area contributed by atoms with Gasteiger partial charge in [0.05, 0.1) is 24.5 Å². The number of carboxylic acid groups (broad SMARTS) is 2. The van der Waals surface area contributed by atoms with Gasteiger partial charge in [-0.15, -0.1) is 0 Å². The molecule has 0 aliphatic rings. The van der Waals surface area contributed by atoms with Gasteiger partial charge in [0.15, 0.2) is 0 Å². The molecule has 1 aromatic rings. The Bertz CT molecular complexity index is 504. The van der Waals surface area contributed by atoms with E-state index in [0.29, 0.717) is 12.1 Å². The zero-order chi connectivity index (χ0) is 15.0. The fourth-order valence-corrected chi connectivity index (χ4v) is 1.79. The van der Waals surface area contributed by atoms with E-state index < -0.39 is 11.9 Å². The van der Waals surface area contributed by atoms with Crippen LogP contribution in [0.3, 0.4) is 0 Å². The lowest BCUT2D eigenvalue weighted by Gasteiger charge is -2.21. The maximum absolute atomic E-state index is 10.6. The number of hydrogen-bond acceptors (Lipinski definition) is 4. The number of rotatable bonds is 8. The minimum absolute atomic E-state index is 0.0612. The second-order valence-electron chi connectivity index (χ2n) is 4.33. The number of aliphatic carboxylic acids is 2. The van der Waals surface area contributed by atoms with E-state index in [2.05, 4.69) is 6.07 Å². The summed E-state index contributed by atoms with van der Waals surface area (Å²) < 4.78 is 0. The van der Waals surface area contributed by atoms with Gasteiger partial charge in [-0.25, -0.2) is 0 Å². The lowest BCUT2D eigenvalue weighted by atomic mass is 10.1. The minimum atomic E-state index is -0.932. The number of benzene rings is 1. The summed E-state index contributed by atoms with van der Waals surface area (Å²) in [6.07, 6.45) is -0.122. The lowest BCUT2D eigenvalue weighted by Crippen LogP contribution is -2.28. The largest absolute Gasteiger partial charge is 0.481 e. The molecule has 0 amide bonds. The average molecular weight is 276 g/mol. The molecule has 0 heterocycles. The number of nitrogens with zero attached hydrogens (tertiary/aromatic N) is 2. The van der Waals surface area contributed by atoms with Gasteiger partial charge in [0, 0.05) is 19.6 Å². The number of hydrogen-bond donors (Lipinski definition) is 2. The van der Waals surface area contributed by atoms with Crippen LogP contribution in [-0.4, -0.2) is 40.1 Å². The molecule has 0 saturated heterocycles. The molecule has 0 spiro atoms. The van der Waals surface area contributed by atoms with Crippen molar-refractivity contribution in [1.82, 2.24) is 4.90 Å². The van der Waals surface area contributed by atoms with Crippen LogP contribution in [0.1, 0.15) is 24.0 Å². The third-order valence-electron chi connectivity index (χ3n) is 2.82. The fourth-order valence-electron chi connectivity index (χ4n) is 1.79. The third kappa shape index (κ3) is 5.50. The van der Waals surface area contributed by atoms with E-state index in [1.807, 2.05) is 0 Å². The highest BCUT2D eigenvalue weighted by atomic mass is 16.4. The highest BCUT2D eigenvalue weighted by Gasteiger charge is 2.12. The molecule has 0 unspecified atom stereocenters. The van der Waals surface area contributed by atoms with Gasteiger partial charge in [-0.1, -0.05) is 18.2 Å². The molecule has 1 aromatic carbocycles. The van der Waals surface area contributed by atoms with E-state index in [0.717, 1.165) is 5.56 Å². The van der Waals surface area contributed by atoms with Gasteiger partial charge < -0.3 is 10.2 Å². The maximum Gasteiger partial charge on any atom is 0.304 e. The highest BCUT2D eigenvalue weighted by molar-refractivity contribution is 5.67. The Morgan fingerprint density at radius 2 is 1.65 bits per heavy atom. The summed E-state index contributed by atoms with van der Waals surface area (Å²) >= 11 is 0. The molecule has 2 N–H and O–H groups in total. The molecule has 6 nitrogen and oxygen atoms in total. The Kier molecular flexibility index (Phi) is 6.20. The summed E-state index contributed by atoms with van der Waals surface area (Å²) in [5.41, 5.74) is 1.29. The van der Waals surface area contributed by atoms with Gasteiger partial charge in [0.25, 0.3) is 0 Å². The van der Waals surface area contributed by atoms with E-state index >= 15 is 0 Å².